The van der Waals surface area contributed by atoms with Crippen molar-refractivity contribution in [2.45, 2.75) is 25.9 Å². The van der Waals surface area contributed by atoms with Gasteiger partial charge < -0.3 is 9.51 Å². The number of imidazole rings is 1. The van der Waals surface area contributed by atoms with Gasteiger partial charge in [-0.1, -0.05) is 28.9 Å². The van der Waals surface area contributed by atoms with Crippen molar-refractivity contribution in [2.24, 2.45) is 0 Å². The van der Waals surface area contributed by atoms with Gasteiger partial charge in [0.15, 0.2) is 0 Å². The summed E-state index contributed by atoms with van der Waals surface area (Å²) in [5, 5.41) is 7.48. The van der Waals surface area contributed by atoms with Crippen LogP contribution in [0.1, 0.15) is 28.9 Å². The second-order valence-electron chi connectivity index (χ2n) is 5.29. The number of H-pyrrole nitrogens is 1. The normalized spacial score (nSPS) is 17.7. The molecule has 0 radical (unpaired) electrons. The van der Waals surface area contributed by atoms with Gasteiger partial charge in [0.2, 0.25) is 11.7 Å². The molecule has 0 aliphatic carbocycles. The Morgan fingerprint density at radius 2 is 2.29 bits per heavy atom. The van der Waals surface area contributed by atoms with E-state index >= 15 is 0 Å². The van der Waals surface area contributed by atoms with Gasteiger partial charge in [-0.15, -0.1) is 0 Å². The minimum atomic E-state index is 0.0202. The van der Waals surface area contributed by atoms with Crippen molar-refractivity contribution in [3.8, 4) is 11.4 Å². The number of nitrogens with one attached hydrogen (secondary N) is 2. The monoisotopic (exact) mass is 281 g/mol. The molecule has 21 heavy (non-hydrogen) atoms. The Balaban J connectivity index is 1.61. The summed E-state index contributed by atoms with van der Waals surface area (Å²) in [7, 11) is 0. The van der Waals surface area contributed by atoms with Gasteiger partial charge >= 0.3 is 0 Å². The molecule has 3 heterocycles. The average molecular weight is 281 g/mol. The summed E-state index contributed by atoms with van der Waals surface area (Å²) < 4.78 is 5.43. The van der Waals surface area contributed by atoms with Crippen molar-refractivity contribution < 1.29 is 4.52 Å². The molecule has 1 aliphatic rings. The van der Waals surface area contributed by atoms with E-state index in [1.54, 1.807) is 6.33 Å². The van der Waals surface area contributed by atoms with E-state index < -0.39 is 0 Å². The zero-order valence-electron chi connectivity index (χ0n) is 11.6. The predicted octanol–water partition coefficient (Wildman–Crippen LogP) is 2.16. The maximum Gasteiger partial charge on any atom is 0.244 e. The molecule has 1 unspecified atom stereocenters. The highest BCUT2D eigenvalue weighted by Crippen LogP contribution is 2.25. The van der Waals surface area contributed by atoms with E-state index in [-0.39, 0.29) is 6.04 Å². The van der Waals surface area contributed by atoms with Crippen molar-refractivity contribution in [3.63, 3.8) is 0 Å². The van der Waals surface area contributed by atoms with E-state index in [0.717, 1.165) is 29.9 Å². The van der Waals surface area contributed by atoms with Crippen LogP contribution in [0.15, 0.2) is 35.1 Å². The van der Waals surface area contributed by atoms with E-state index in [0.29, 0.717) is 11.7 Å². The van der Waals surface area contributed by atoms with Crippen LogP contribution in [0.3, 0.4) is 0 Å². The van der Waals surface area contributed by atoms with E-state index in [1.165, 1.54) is 5.56 Å². The Labute approximate surface area is 121 Å². The van der Waals surface area contributed by atoms with Gasteiger partial charge in [0.05, 0.1) is 23.8 Å². The largest absolute Gasteiger partial charge is 0.347 e. The van der Waals surface area contributed by atoms with E-state index in [1.807, 2.05) is 25.1 Å². The molecule has 0 amide bonds. The number of aromatic nitrogens is 4. The highest BCUT2D eigenvalue weighted by atomic mass is 16.5. The van der Waals surface area contributed by atoms with Crippen LogP contribution in [0.5, 0.6) is 0 Å². The Kier molecular flexibility index (Phi) is 2.82. The summed E-state index contributed by atoms with van der Waals surface area (Å²) >= 11 is 0. The molecule has 0 saturated heterocycles. The second-order valence-corrected chi connectivity index (χ2v) is 5.29. The zero-order valence-corrected chi connectivity index (χ0v) is 11.6. The quantitative estimate of drug-likeness (QED) is 0.752. The number of aryl methyl sites for hydroxylation is 1. The summed E-state index contributed by atoms with van der Waals surface area (Å²) in [6.07, 6.45) is 2.48. The molecule has 1 aromatic carbocycles. The number of rotatable bonds is 2. The standard InChI is InChI=1S/C15H15N5O/c1-9-3-2-4-10(5-9)14-19-15(21-20-14)12-6-11-13(7-16-12)18-8-17-11/h2-5,8,12,16H,6-7H2,1H3,(H,17,18). The van der Waals surface area contributed by atoms with E-state index in [4.69, 9.17) is 4.52 Å². The fourth-order valence-corrected chi connectivity index (χ4v) is 2.62. The lowest BCUT2D eigenvalue weighted by molar-refractivity contribution is 0.319. The lowest BCUT2D eigenvalue weighted by atomic mass is 10.1. The first-order chi connectivity index (χ1) is 10.3. The Morgan fingerprint density at radius 3 is 3.19 bits per heavy atom. The van der Waals surface area contributed by atoms with Crippen LogP contribution in [0.25, 0.3) is 11.4 Å². The SMILES string of the molecule is Cc1cccc(-c2noc(C3Cc4nc[nH]c4CN3)n2)c1. The maximum atomic E-state index is 5.43. The van der Waals surface area contributed by atoms with Gasteiger partial charge in [-0.2, -0.15) is 4.98 Å². The summed E-state index contributed by atoms with van der Waals surface area (Å²) in [5.74, 6) is 1.24. The predicted molar refractivity (Wildman–Crippen MR) is 76.3 cm³/mol. The number of benzene rings is 1. The summed E-state index contributed by atoms with van der Waals surface area (Å²) in [6.45, 7) is 2.79. The van der Waals surface area contributed by atoms with Gasteiger partial charge in [0, 0.05) is 18.5 Å². The van der Waals surface area contributed by atoms with Crippen LogP contribution in [0, 0.1) is 6.92 Å². The summed E-state index contributed by atoms with van der Waals surface area (Å²) in [4.78, 5) is 12.0. The second kappa shape index (κ2) is 4.82. The molecule has 1 atom stereocenters. The number of fused-ring (bicyclic) bond motifs is 1. The molecule has 4 rings (SSSR count). The van der Waals surface area contributed by atoms with Gasteiger partial charge in [-0.05, 0) is 13.0 Å². The lowest BCUT2D eigenvalue weighted by Gasteiger charge is -2.19. The molecule has 0 saturated carbocycles. The molecule has 6 nitrogen and oxygen atoms in total. The van der Waals surface area contributed by atoms with Crippen molar-refractivity contribution >= 4 is 0 Å². The minimum absolute atomic E-state index is 0.0202. The number of nitrogens with zero attached hydrogens (tertiary/aromatic N) is 3. The average Bonchev–Trinajstić information content (AvgIpc) is 3.15. The van der Waals surface area contributed by atoms with Crippen LogP contribution >= 0.6 is 0 Å². The fourth-order valence-electron chi connectivity index (χ4n) is 2.62. The van der Waals surface area contributed by atoms with Crippen LogP contribution < -0.4 is 5.32 Å². The van der Waals surface area contributed by atoms with E-state index in [2.05, 4.69) is 31.5 Å². The summed E-state index contributed by atoms with van der Waals surface area (Å²) in [5.41, 5.74) is 4.34. The van der Waals surface area contributed by atoms with Gasteiger partial charge in [-0.3, -0.25) is 5.32 Å². The van der Waals surface area contributed by atoms with Crippen molar-refractivity contribution in [1.82, 2.24) is 25.4 Å². The van der Waals surface area contributed by atoms with Crippen LogP contribution in [-0.4, -0.2) is 20.1 Å². The van der Waals surface area contributed by atoms with Crippen molar-refractivity contribution in [1.29, 1.82) is 0 Å². The van der Waals surface area contributed by atoms with Crippen LogP contribution in [0.4, 0.5) is 0 Å². The third-order valence-corrected chi connectivity index (χ3v) is 3.75. The highest BCUT2D eigenvalue weighted by Gasteiger charge is 2.26. The Morgan fingerprint density at radius 1 is 1.33 bits per heavy atom. The minimum Gasteiger partial charge on any atom is -0.347 e. The molecular weight excluding hydrogens is 266 g/mol. The maximum absolute atomic E-state index is 5.43. The Bertz CT molecular complexity index is 776. The molecule has 6 heteroatoms. The first-order valence-electron chi connectivity index (χ1n) is 6.95. The number of aromatic amines is 1. The molecular formula is C15H15N5O. The highest BCUT2D eigenvalue weighted by molar-refractivity contribution is 5.55. The number of hydrogen-bond donors (Lipinski definition) is 2. The Hall–Kier alpha value is -2.47. The van der Waals surface area contributed by atoms with Crippen LogP contribution in [0.2, 0.25) is 0 Å². The first kappa shape index (κ1) is 12.3. The van der Waals surface area contributed by atoms with Gasteiger partial charge in [0.25, 0.3) is 0 Å². The molecule has 1 aliphatic heterocycles. The molecule has 2 aromatic heterocycles. The van der Waals surface area contributed by atoms with Crippen molar-refractivity contribution in [2.75, 3.05) is 0 Å². The lowest BCUT2D eigenvalue weighted by Crippen LogP contribution is -2.28. The molecule has 3 aromatic rings. The number of hydrogen-bond acceptors (Lipinski definition) is 5. The third-order valence-electron chi connectivity index (χ3n) is 3.75. The third kappa shape index (κ3) is 2.23. The molecule has 0 fully saturated rings. The van der Waals surface area contributed by atoms with Crippen LogP contribution in [-0.2, 0) is 13.0 Å². The van der Waals surface area contributed by atoms with Crippen molar-refractivity contribution in [3.05, 3.63) is 53.4 Å². The smallest absolute Gasteiger partial charge is 0.244 e. The van der Waals surface area contributed by atoms with E-state index in [9.17, 15) is 0 Å². The van der Waals surface area contributed by atoms with Gasteiger partial charge in [-0.25, -0.2) is 4.98 Å². The molecule has 2 N–H and O–H groups in total. The topological polar surface area (TPSA) is 79.6 Å². The molecule has 0 spiro atoms. The fraction of sp³-hybridized carbons (Fsp3) is 0.267. The molecule has 106 valence electrons. The zero-order chi connectivity index (χ0) is 14.2. The van der Waals surface area contributed by atoms with Gasteiger partial charge in [0.1, 0.15) is 0 Å². The first-order valence-corrected chi connectivity index (χ1v) is 6.95. The summed E-state index contributed by atoms with van der Waals surface area (Å²) in [6, 6.07) is 8.10. The molecule has 0 bridgehead atoms.